The molecule has 0 heterocycles. The van der Waals surface area contributed by atoms with Crippen molar-refractivity contribution in [2.24, 2.45) is 0 Å². The third kappa shape index (κ3) is 12.5. The average Bonchev–Trinajstić information content (AvgIpc) is 3.67. The van der Waals surface area contributed by atoms with Crippen LogP contribution in [0.5, 0.6) is 0 Å². The van der Waals surface area contributed by atoms with E-state index in [2.05, 4.69) is 110 Å². The van der Waals surface area contributed by atoms with E-state index in [4.69, 9.17) is 0 Å². The number of rotatable bonds is 0. The summed E-state index contributed by atoms with van der Waals surface area (Å²) in [6.45, 7) is 16.7. The van der Waals surface area contributed by atoms with E-state index in [1.54, 1.807) is 0 Å². The molecule has 0 aliphatic heterocycles. The molecule has 0 unspecified atom stereocenters. The van der Waals surface area contributed by atoms with E-state index in [0.29, 0.717) is 0 Å². The van der Waals surface area contributed by atoms with Crippen LogP contribution in [-0.4, -0.2) is 6.88 Å². The van der Waals surface area contributed by atoms with E-state index < -0.39 is 0 Å². The Morgan fingerprint density at radius 3 is 1.68 bits per heavy atom. The van der Waals surface area contributed by atoms with Crippen LogP contribution in [0.15, 0.2) is 48.6 Å². The van der Waals surface area contributed by atoms with Gasteiger partial charge < -0.3 is 12.8 Å². The van der Waals surface area contributed by atoms with Crippen molar-refractivity contribution in [1.29, 1.82) is 0 Å². The standard InChI is InChI=1S/C21H25.2C6H11.C5H5.Si.Zr/c1-20(2,3)16-7-9-18-14(12-16)11-15-13-17(21(4,5)6)8-10-19(15)18;2*1-2-4-6-5-3-1;1-2-4-5-3-1;;/h7-10,12H,11H2,1-6H3;2*1H,2-6H2;1-3H,4H2;;/q4*-1;;. The van der Waals surface area contributed by atoms with E-state index >= 15 is 0 Å². The van der Waals surface area contributed by atoms with Crippen molar-refractivity contribution in [3.63, 3.8) is 0 Å². The van der Waals surface area contributed by atoms with Crippen LogP contribution in [0.4, 0.5) is 0 Å². The van der Waals surface area contributed by atoms with Gasteiger partial charge in [-0.25, -0.2) is 12.2 Å². The molecule has 4 aliphatic rings. The van der Waals surface area contributed by atoms with Gasteiger partial charge in [0.15, 0.2) is 0 Å². The van der Waals surface area contributed by atoms with E-state index in [1.165, 1.54) is 121 Å². The first kappa shape index (κ1) is 35.2. The van der Waals surface area contributed by atoms with Crippen LogP contribution < -0.4 is 0 Å². The van der Waals surface area contributed by atoms with Crippen molar-refractivity contribution in [2.75, 3.05) is 0 Å². The predicted molar refractivity (Wildman–Crippen MR) is 173 cm³/mol. The quantitative estimate of drug-likeness (QED) is 0.172. The summed E-state index contributed by atoms with van der Waals surface area (Å²) < 4.78 is 0. The van der Waals surface area contributed by atoms with Gasteiger partial charge in [-0.05, 0) is 28.4 Å². The normalized spacial score (nSPS) is 16.8. The van der Waals surface area contributed by atoms with Gasteiger partial charge in [0, 0.05) is 0 Å². The van der Waals surface area contributed by atoms with Crippen LogP contribution in [-0.2, 0) is 40.6 Å². The monoisotopic (exact) mass is 626 g/mol. The van der Waals surface area contributed by atoms with Crippen molar-refractivity contribution in [2.45, 2.75) is 129 Å². The fraction of sp³-hybridized carbons (Fsp3) is 0.526. The molecule has 0 aromatic heterocycles. The minimum absolute atomic E-state index is 0.167. The zero-order valence-electron chi connectivity index (χ0n) is 26.3. The summed E-state index contributed by atoms with van der Waals surface area (Å²) in [6.07, 6.45) is 30.0. The Morgan fingerprint density at radius 2 is 1.30 bits per heavy atom. The number of allylic oxidation sites excluding steroid dienone is 4. The Labute approximate surface area is 265 Å². The maximum atomic E-state index is 3.67. The summed E-state index contributed by atoms with van der Waals surface area (Å²) >= 11 is 1.36. The third-order valence-electron chi connectivity index (χ3n) is 7.68. The minimum atomic E-state index is 0.167. The molecule has 0 bridgehead atoms. The molecule has 2 radical (unpaired) electrons. The molecule has 2 fully saturated rings. The summed E-state index contributed by atoms with van der Waals surface area (Å²) in [4.78, 5) is 0. The zero-order valence-corrected chi connectivity index (χ0v) is 29.7. The molecule has 0 amide bonds. The van der Waals surface area contributed by atoms with Crippen LogP contribution in [0.3, 0.4) is 0 Å². The van der Waals surface area contributed by atoms with E-state index in [9.17, 15) is 0 Å². The Bertz CT molecular complexity index is 949. The molecule has 2 heteroatoms. The van der Waals surface area contributed by atoms with Crippen molar-refractivity contribution in [3.05, 3.63) is 95.8 Å². The van der Waals surface area contributed by atoms with Gasteiger partial charge in [-0.15, -0.1) is 17.5 Å². The Kier molecular flexibility index (Phi) is 16.3. The molecule has 2 aromatic carbocycles. The molecule has 0 nitrogen and oxygen atoms in total. The molecule has 4 aliphatic carbocycles. The van der Waals surface area contributed by atoms with Crippen LogP contribution in [0, 0.1) is 25.0 Å². The van der Waals surface area contributed by atoms with Gasteiger partial charge in [0.05, 0.1) is 0 Å². The fourth-order valence-electron chi connectivity index (χ4n) is 5.16. The second-order valence-corrected chi connectivity index (χ2v) is 13.2. The first-order valence-electron chi connectivity index (χ1n) is 15.5. The molecule has 2 aromatic rings. The van der Waals surface area contributed by atoms with Crippen molar-refractivity contribution < 1.29 is 23.3 Å². The predicted octanol–water partition coefficient (Wildman–Crippen LogP) is 10.9. The second-order valence-electron chi connectivity index (χ2n) is 13.2. The van der Waals surface area contributed by atoms with Crippen molar-refractivity contribution in [3.8, 4) is 11.1 Å². The topological polar surface area (TPSA) is 0 Å². The summed E-state index contributed by atoms with van der Waals surface area (Å²) in [5, 5.41) is 0. The van der Waals surface area contributed by atoms with E-state index in [1.807, 2.05) is 12.2 Å². The number of hydrogen-bond acceptors (Lipinski definition) is 0. The Morgan fingerprint density at radius 1 is 0.725 bits per heavy atom. The van der Waals surface area contributed by atoms with E-state index in [-0.39, 0.29) is 10.8 Å². The molecule has 2 saturated carbocycles. The molecule has 0 saturated heterocycles. The summed E-state index contributed by atoms with van der Waals surface area (Å²) in [5.74, 6) is 0. The van der Waals surface area contributed by atoms with Gasteiger partial charge in [-0.3, -0.25) is 6.08 Å². The van der Waals surface area contributed by atoms with Crippen molar-refractivity contribution >= 4 is 6.88 Å². The molecule has 0 atom stereocenters. The van der Waals surface area contributed by atoms with Crippen LogP contribution in [0.25, 0.3) is 11.1 Å². The first-order chi connectivity index (χ1) is 19.2. The fourth-order valence-corrected chi connectivity index (χ4v) is 5.16. The van der Waals surface area contributed by atoms with Gasteiger partial charge in [0.2, 0.25) is 0 Å². The Balaban J connectivity index is 0.000000237. The third-order valence-corrected chi connectivity index (χ3v) is 7.68. The molecule has 40 heavy (non-hydrogen) atoms. The number of hydrogen-bond donors (Lipinski definition) is 0. The summed E-state index contributed by atoms with van der Waals surface area (Å²) in [6, 6.07) is 15.2. The van der Waals surface area contributed by atoms with Gasteiger partial charge in [-0.1, -0.05) is 104 Å². The molecular formula is C38H52SiZr-4. The van der Waals surface area contributed by atoms with E-state index in [0.717, 1.165) is 12.8 Å². The first-order valence-corrected chi connectivity index (χ1v) is 19.6. The van der Waals surface area contributed by atoms with Gasteiger partial charge >= 0.3 is 30.2 Å². The second kappa shape index (κ2) is 18.5. The molecule has 0 N–H and O–H groups in total. The van der Waals surface area contributed by atoms with Crippen LogP contribution >= 0.6 is 0 Å². The SMILES string of the molecule is CC(C)(C)c1[c-]c2c(cc1)-c1ccc(C(C)(C)C)cc1C2.[C-]1=CC=CC1.[CH-]1CCCCC1.[CH-]1CCCCC1.[Si]=[Zr]. The Hall–Kier alpha value is -0.980. The average molecular weight is 628 g/mol. The van der Waals surface area contributed by atoms with Crippen LogP contribution in [0.1, 0.15) is 134 Å². The summed E-state index contributed by atoms with van der Waals surface area (Å²) in [7, 11) is 0. The van der Waals surface area contributed by atoms with Crippen LogP contribution in [0.2, 0.25) is 0 Å². The number of fused-ring (bicyclic) bond motifs is 3. The summed E-state index contributed by atoms with van der Waals surface area (Å²) in [5.41, 5.74) is 8.70. The molecule has 0 spiro atoms. The number of benzene rings is 2. The van der Waals surface area contributed by atoms with Gasteiger partial charge in [0.25, 0.3) is 0 Å². The maximum absolute atomic E-state index is 3.67. The zero-order chi connectivity index (χ0) is 29.4. The van der Waals surface area contributed by atoms with Gasteiger partial charge in [0.1, 0.15) is 0 Å². The molecule has 216 valence electrons. The van der Waals surface area contributed by atoms with Gasteiger partial charge in [-0.2, -0.15) is 55.5 Å². The van der Waals surface area contributed by atoms with Crippen molar-refractivity contribution in [1.82, 2.24) is 0 Å². The molecular weight excluding hydrogens is 576 g/mol. The molecule has 6 rings (SSSR count).